The first-order valence-electron chi connectivity index (χ1n) is 6.92. The third-order valence-corrected chi connectivity index (χ3v) is 0.966. The predicted molar refractivity (Wildman–Crippen MR) is 95.0 cm³/mol. The van der Waals surface area contributed by atoms with Gasteiger partial charge in [0, 0.05) is 6.21 Å². The van der Waals surface area contributed by atoms with E-state index in [2.05, 4.69) is 13.2 Å². The van der Waals surface area contributed by atoms with Gasteiger partial charge in [-0.2, -0.15) is 0 Å². The van der Waals surface area contributed by atoms with Crippen molar-refractivity contribution in [3.8, 4) is 0 Å². The molecule has 0 aliphatic rings. The fourth-order valence-electron chi connectivity index (χ4n) is 0.549. The van der Waals surface area contributed by atoms with Crippen molar-refractivity contribution in [2.24, 2.45) is 0 Å². The van der Waals surface area contributed by atoms with Gasteiger partial charge in [0.15, 0.2) is 0 Å². The molecule has 0 atom stereocenters. The summed E-state index contributed by atoms with van der Waals surface area (Å²) in [5.41, 5.74) is 2.12. The molecule has 0 amide bonds. The van der Waals surface area contributed by atoms with Crippen LogP contribution in [0.4, 0.5) is 0 Å². The van der Waals surface area contributed by atoms with Crippen molar-refractivity contribution >= 4 is 6.21 Å². The smallest absolute Gasteiger partial charge is 0.0820 e. The van der Waals surface area contributed by atoms with Crippen LogP contribution in [0.1, 0.15) is 54.0 Å². The van der Waals surface area contributed by atoms with E-state index < -0.39 is 0 Å². The molecule has 0 unspecified atom stereocenters. The molecule has 1 aromatic carbocycles. The monoisotopic (exact) mass is 279 g/mol. The summed E-state index contributed by atoms with van der Waals surface area (Å²) in [6, 6.07) is 9.56. The highest BCUT2D eigenvalue weighted by Crippen LogP contribution is 1.91. The SMILES string of the molecule is C=C(C)C.C=C(C)O.CC.CC.N=Cc1ccccc1. The Bertz CT molecular complexity index is 295. The minimum Gasteiger partial charge on any atom is -0.513 e. The molecule has 0 radical (unpaired) electrons. The summed E-state index contributed by atoms with van der Waals surface area (Å²) in [7, 11) is 0. The maximum Gasteiger partial charge on any atom is 0.0820 e. The average Bonchev–Trinajstić information content (AvgIpc) is 2.43. The quantitative estimate of drug-likeness (QED) is 0.349. The molecule has 1 aromatic rings. The van der Waals surface area contributed by atoms with E-state index in [0.717, 1.165) is 5.56 Å². The van der Waals surface area contributed by atoms with E-state index in [9.17, 15) is 0 Å². The minimum absolute atomic E-state index is 0.167. The minimum atomic E-state index is 0.167. The van der Waals surface area contributed by atoms with Crippen molar-refractivity contribution in [2.45, 2.75) is 48.5 Å². The van der Waals surface area contributed by atoms with Gasteiger partial charge in [-0.15, -0.1) is 6.58 Å². The van der Waals surface area contributed by atoms with Crippen LogP contribution < -0.4 is 0 Å². The van der Waals surface area contributed by atoms with Crippen LogP contribution in [-0.4, -0.2) is 11.3 Å². The molecule has 2 heteroatoms. The first kappa shape index (κ1) is 26.7. The van der Waals surface area contributed by atoms with E-state index in [1.165, 1.54) is 18.7 Å². The Hall–Kier alpha value is -1.83. The van der Waals surface area contributed by atoms with Crippen LogP contribution in [0.2, 0.25) is 0 Å². The molecule has 0 aromatic heterocycles. The third-order valence-electron chi connectivity index (χ3n) is 0.966. The number of allylic oxidation sites excluding steroid dienone is 2. The summed E-state index contributed by atoms with van der Waals surface area (Å²) < 4.78 is 0. The number of aliphatic hydroxyl groups is 1. The van der Waals surface area contributed by atoms with Gasteiger partial charge in [0.2, 0.25) is 0 Å². The second-order valence-electron chi connectivity index (χ2n) is 3.50. The lowest BCUT2D eigenvalue weighted by Gasteiger charge is -1.84. The first-order valence-corrected chi connectivity index (χ1v) is 6.92. The van der Waals surface area contributed by atoms with Gasteiger partial charge in [0.05, 0.1) is 5.76 Å². The molecule has 0 saturated heterocycles. The standard InChI is InChI=1S/C7H7N.C4H8.C3H6O.2C2H6/c8-6-7-4-2-1-3-5-7;1-4(2)3;1-3(2)4;2*1-2/h1-6,8H;1H2,2-3H3;4H,1H2,2H3;2*1-2H3. The number of hydrogen-bond acceptors (Lipinski definition) is 2. The molecule has 0 aliphatic carbocycles. The molecule has 0 spiro atoms. The number of aliphatic hydroxyl groups excluding tert-OH is 1. The van der Waals surface area contributed by atoms with E-state index in [0.29, 0.717) is 0 Å². The summed E-state index contributed by atoms with van der Waals surface area (Å²) in [5, 5.41) is 14.7. The van der Waals surface area contributed by atoms with Crippen molar-refractivity contribution in [3.63, 3.8) is 0 Å². The highest BCUT2D eigenvalue weighted by atomic mass is 16.3. The average molecular weight is 279 g/mol. The van der Waals surface area contributed by atoms with E-state index >= 15 is 0 Å². The van der Waals surface area contributed by atoms with Crippen molar-refractivity contribution in [1.82, 2.24) is 0 Å². The van der Waals surface area contributed by atoms with Gasteiger partial charge in [0.25, 0.3) is 0 Å². The van der Waals surface area contributed by atoms with Gasteiger partial charge in [-0.1, -0.05) is 70.2 Å². The van der Waals surface area contributed by atoms with Crippen LogP contribution in [0, 0.1) is 5.41 Å². The van der Waals surface area contributed by atoms with Crippen LogP contribution in [0.5, 0.6) is 0 Å². The van der Waals surface area contributed by atoms with Crippen molar-refractivity contribution in [1.29, 1.82) is 5.41 Å². The Kier molecular flexibility index (Phi) is 34.5. The largest absolute Gasteiger partial charge is 0.513 e. The molecule has 2 N–H and O–H groups in total. The molecule has 1 rings (SSSR count). The lowest BCUT2D eigenvalue weighted by molar-refractivity contribution is 0.417. The lowest BCUT2D eigenvalue weighted by Crippen LogP contribution is -1.73. The van der Waals surface area contributed by atoms with Crippen LogP contribution in [0.25, 0.3) is 0 Å². The predicted octanol–water partition coefficient (Wildman–Crippen LogP) is 6.40. The van der Waals surface area contributed by atoms with Gasteiger partial charge in [0.1, 0.15) is 0 Å². The molecule has 0 bridgehead atoms. The van der Waals surface area contributed by atoms with Crippen molar-refractivity contribution in [3.05, 3.63) is 60.4 Å². The number of benzene rings is 1. The topological polar surface area (TPSA) is 44.1 Å². The highest BCUT2D eigenvalue weighted by Gasteiger charge is 1.77. The Morgan fingerprint density at radius 2 is 1.20 bits per heavy atom. The van der Waals surface area contributed by atoms with Crippen molar-refractivity contribution in [2.75, 3.05) is 0 Å². The Labute approximate surface area is 126 Å². The van der Waals surface area contributed by atoms with Crippen LogP contribution in [0.3, 0.4) is 0 Å². The van der Waals surface area contributed by atoms with Crippen LogP contribution in [-0.2, 0) is 0 Å². The molecule has 0 fully saturated rings. The van der Waals surface area contributed by atoms with Gasteiger partial charge in [-0.3, -0.25) is 0 Å². The lowest BCUT2D eigenvalue weighted by atomic mass is 10.2. The number of nitrogens with one attached hydrogen (secondary N) is 1. The molecule has 0 aliphatic heterocycles. The first-order chi connectivity index (χ1) is 9.40. The molecular weight excluding hydrogens is 246 g/mol. The Balaban J connectivity index is -0.0000000922. The van der Waals surface area contributed by atoms with E-state index in [-0.39, 0.29) is 5.76 Å². The Morgan fingerprint density at radius 3 is 1.35 bits per heavy atom. The summed E-state index contributed by atoms with van der Waals surface area (Å²) in [4.78, 5) is 0. The molecule has 0 saturated carbocycles. The number of rotatable bonds is 1. The van der Waals surface area contributed by atoms with E-state index in [1.807, 2.05) is 71.9 Å². The molecule has 20 heavy (non-hydrogen) atoms. The van der Waals surface area contributed by atoms with Crippen LogP contribution in [0.15, 0.2) is 54.8 Å². The molecule has 116 valence electrons. The zero-order valence-electron chi connectivity index (χ0n) is 14.3. The summed E-state index contributed by atoms with van der Waals surface area (Å²) in [6.07, 6.45) is 1.33. The molecule has 2 nitrogen and oxygen atoms in total. The fraction of sp³-hybridized carbons (Fsp3) is 0.389. The fourth-order valence-corrected chi connectivity index (χ4v) is 0.549. The zero-order chi connectivity index (χ0) is 17.0. The van der Waals surface area contributed by atoms with Gasteiger partial charge < -0.3 is 10.5 Å². The second-order valence-corrected chi connectivity index (χ2v) is 3.50. The molecular formula is C18H33NO. The normalized spacial score (nSPS) is 6.55. The summed E-state index contributed by atoms with van der Waals surface area (Å²) in [6.45, 7) is 20.1. The third kappa shape index (κ3) is 55.7. The zero-order valence-corrected chi connectivity index (χ0v) is 14.3. The highest BCUT2D eigenvalue weighted by molar-refractivity contribution is 5.76. The van der Waals surface area contributed by atoms with E-state index in [1.54, 1.807) is 0 Å². The maximum absolute atomic E-state index is 7.86. The van der Waals surface area contributed by atoms with Gasteiger partial charge in [-0.25, -0.2) is 0 Å². The number of hydrogen-bond donors (Lipinski definition) is 2. The second kappa shape index (κ2) is 25.9. The summed E-state index contributed by atoms with van der Waals surface area (Å²) >= 11 is 0. The Morgan fingerprint density at radius 1 is 0.950 bits per heavy atom. The van der Waals surface area contributed by atoms with Crippen molar-refractivity contribution < 1.29 is 5.11 Å². The van der Waals surface area contributed by atoms with E-state index in [4.69, 9.17) is 10.5 Å². The van der Waals surface area contributed by atoms with Gasteiger partial charge >= 0.3 is 0 Å². The maximum atomic E-state index is 7.86. The van der Waals surface area contributed by atoms with Crippen LogP contribution >= 0.6 is 0 Å². The molecule has 0 heterocycles. The summed E-state index contributed by atoms with van der Waals surface area (Å²) in [5.74, 6) is 0.167. The van der Waals surface area contributed by atoms with Gasteiger partial charge in [-0.05, 0) is 26.3 Å².